The molecule has 0 aliphatic carbocycles. The lowest BCUT2D eigenvalue weighted by Gasteiger charge is -2.23. The van der Waals surface area contributed by atoms with E-state index in [0.29, 0.717) is 12.6 Å². The molecule has 6 heteroatoms. The van der Waals surface area contributed by atoms with Crippen molar-refractivity contribution in [2.45, 2.75) is 43.9 Å². The molecule has 1 aromatic carbocycles. The molecule has 0 saturated carbocycles. The highest BCUT2D eigenvalue weighted by Gasteiger charge is 2.46. The number of nitriles is 1. The summed E-state index contributed by atoms with van der Waals surface area (Å²) in [5.41, 5.74) is 1.17. The molecule has 0 radical (unpaired) electrons. The summed E-state index contributed by atoms with van der Waals surface area (Å²) in [5, 5.41) is 12.3. The molecule has 122 valence electrons. The Morgan fingerprint density at radius 2 is 2.35 bits per heavy atom. The van der Waals surface area contributed by atoms with Gasteiger partial charge in [-0.1, -0.05) is 28.1 Å². The summed E-state index contributed by atoms with van der Waals surface area (Å²) in [4.78, 5) is 16.2. The number of nitrogens with zero attached hydrogens (tertiary/aromatic N) is 3. The molecule has 1 aromatic rings. The standard InChI is InChI=1S/C17H21BrN4O/c1-21(9-12-3-2-4-13(18)7-12)10-17(23)20-15-8-14-5-6-16(15)22(14)11-19/h2-4,7,14-16H,5-6,8-10H2,1H3,(H,20,23)/t14?,15-,16?/m1/s1. The average molecular weight is 377 g/mol. The Bertz CT molecular complexity index is 629. The third kappa shape index (κ3) is 3.67. The maximum atomic E-state index is 12.3. The van der Waals surface area contributed by atoms with Crippen LogP contribution >= 0.6 is 15.9 Å². The Kier molecular flexibility index (Phi) is 4.88. The quantitative estimate of drug-likeness (QED) is 0.799. The third-order valence-corrected chi connectivity index (χ3v) is 5.25. The summed E-state index contributed by atoms with van der Waals surface area (Å²) in [7, 11) is 1.95. The molecule has 3 atom stereocenters. The second kappa shape index (κ2) is 6.90. The normalized spacial score (nSPS) is 25.7. The van der Waals surface area contributed by atoms with Crippen LogP contribution in [0.4, 0.5) is 0 Å². The summed E-state index contributed by atoms with van der Waals surface area (Å²) in [5.74, 6) is 0.0398. The molecule has 2 saturated heterocycles. The van der Waals surface area contributed by atoms with E-state index < -0.39 is 0 Å². The van der Waals surface area contributed by atoms with E-state index in [0.717, 1.165) is 30.3 Å². The number of carbonyl (C=O) groups excluding carboxylic acids is 1. The minimum atomic E-state index is 0.0398. The average Bonchev–Trinajstić information content (AvgIpc) is 3.03. The number of amides is 1. The van der Waals surface area contributed by atoms with Gasteiger partial charge in [0.15, 0.2) is 6.19 Å². The van der Waals surface area contributed by atoms with Crippen LogP contribution in [-0.4, -0.2) is 47.4 Å². The first-order valence-corrected chi connectivity index (χ1v) is 8.76. The van der Waals surface area contributed by atoms with Crippen LogP contribution in [0.3, 0.4) is 0 Å². The monoisotopic (exact) mass is 376 g/mol. The SMILES string of the molecule is CN(CC(=O)N[C@@H]1CC2CCC1N2C#N)Cc1cccc(Br)c1. The number of halogens is 1. The lowest BCUT2D eigenvalue weighted by atomic mass is 9.95. The number of rotatable bonds is 5. The highest BCUT2D eigenvalue weighted by atomic mass is 79.9. The van der Waals surface area contributed by atoms with E-state index in [1.807, 2.05) is 29.0 Å². The van der Waals surface area contributed by atoms with E-state index in [-0.39, 0.29) is 18.0 Å². The second-order valence-electron chi connectivity index (χ2n) is 6.52. The number of fused-ring (bicyclic) bond motifs is 2. The lowest BCUT2D eigenvalue weighted by molar-refractivity contribution is -0.122. The van der Waals surface area contributed by atoms with Gasteiger partial charge in [-0.2, -0.15) is 5.26 Å². The number of hydrogen-bond donors (Lipinski definition) is 1. The lowest BCUT2D eigenvalue weighted by Crippen LogP contribution is -2.46. The van der Waals surface area contributed by atoms with E-state index in [1.165, 1.54) is 5.56 Å². The van der Waals surface area contributed by atoms with Crippen LogP contribution in [0.2, 0.25) is 0 Å². The maximum Gasteiger partial charge on any atom is 0.234 e. The van der Waals surface area contributed by atoms with E-state index in [4.69, 9.17) is 0 Å². The van der Waals surface area contributed by atoms with Crippen LogP contribution in [0.15, 0.2) is 28.7 Å². The molecule has 0 spiro atoms. The van der Waals surface area contributed by atoms with Gasteiger partial charge in [-0.15, -0.1) is 0 Å². The largest absolute Gasteiger partial charge is 0.350 e. The molecule has 3 rings (SSSR count). The van der Waals surface area contributed by atoms with Gasteiger partial charge in [0.2, 0.25) is 5.91 Å². The van der Waals surface area contributed by atoms with Crippen LogP contribution in [0.25, 0.3) is 0 Å². The fraction of sp³-hybridized carbons (Fsp3) is 0.529. The number of carbonyl (C=O) groups is 1. The molecule has 1 amide bonds. The summed E-state index contributed by atoms with van der Waals surface area (Å²) in [6, 6.07) is 8.76. The molecule has 2 aliphatic heterocycles. The first-order valence-electron chi connectivity index (χ1n) is 7.97. The van der Waals surface area contributed by atoms with Gasteiger partial charge in [0.25, 0.3) is 0 Å². The molecule has 2 aliphatic rings. The predicted molar refractivity (Wildman–Crippen MR) is 91.3 cm³/mol. The van der Waals surface area contributed by atoms with Crippen LogP contribution in [0, 0.1) is 11.5 Å². The molecule has 0 aromatic heterocycles. The minimum absolute atomic E-state index is 0.0398. The fourth-order valence-corrected chi connectivity index (χ4v) is 4.25. The highest BCUT2D eigenvalue weighted by Crippen LogP contribution is 2.36. The molecule has 5 nitrogen and oxygen atoms in total. The van der Waals surface area contributed by atoms with E-state index in [9.17, 15) is 10.1 Å². The Hall–Kier alpha value is -1.58. The minimum Gasteiger partial charge on any atom is -0.350 e. The van der Waals surface area contributed by atoms with Crippen molar-refractivity contribution < 1.29 is 4.79 Å². The van der Waals surface area contributed by atoms with Crippen LogP contribution in [0.1, 0.15) is 24.8 Å². The molecule has 2 fully saturated rings. The summed E-state index contributed by atoms with van der Waals surface area (Å²) < 4.78 is 1.05. The Labute approximate surface area is 145 Å². The third-order valence-electron chi connectivity index (χ3n) is 4.75. The number of benzene rings is 1. The molecule has 1 N–H and O–H groups in total. The van der Waals surface area contributed by atoms with Crippen molar-refractivity contribution in [1.29, 1.82) is 5.26 Å². The van der Waals surface area contributed by atoms with Crippen LogP contribution in [0.5, 0.6) is 0 Å². The van der Waals surface area contributed by atoms with Gasteiger partial charge in [-0.3, -0.25) is 9.69 Å². The zero-order chi connectivity index (χ0) is 16.4. The molecule has 23 heavy (non-hydrogen) atoms. The van der Waals surface area contributed by atoms with Crippen molar-refractivity contribution in [3.05, 3.63) is 34.3 Å². The van der Waals surface area contributed by atoms with E-state index >= 15 is 0 Å². The van der Waals surface area contributed by atoms with Crippen molar-refractivity contribution in [3.8, 4) is 6.19 Å². The van der Waals surface area contributed by atoms with Gasteiger partial charge in [-0.05, 0) is 44.0 Å². The maximum absolute atomic E-state index is 12.3. The first-order chi connectivity index (χ1) is 11.1. The van der Waals surface area contributed by atoms with Gasteiger partial charge >= 0.3 is 0 Å². The van der Waals surface area contributed by atoms with Gasteiger partial charge < -0.3 is 10.2 Å². The summed E-state index contributed by atoms with van der Waals surface area (Å²) in [6.07, 6.45) is 5.26. The summed E-state index contributed by atoms with van der Waals surface area (Å²) >= 11 is 3.46. The number of likely N-dealkylation sites (N-methyl/N-ethyl adjacent to an activating group) is 1. The summed E-state index contributed by atoms with van der Waals surface area (Å²) in [6.45, 7) is 1.10. The Morgan fingerprint density at radius 1 is 1.52 bits per heavy atom. The Morgan fingerprint density at radius 3 is 3.04 bits per heavy atom. The zero-order valence-corrected chi connectivity index (χ0v) is 14.8. The topological polar surface area (TPSA) is 59.4 Å². The fourth-order valence-electron chi connectivity index (χ4n) is 3.80. The number of nitrogens with one attached hydrogen (secondary N) is 1. The molecular weight excluding hydrogens is 356 g/mol. The highest BCUT2D eigenvalue weighted by molar-refractivity contribution is 9.10. The smallest absolute Gasteiger partial charge is 0.234 e. The van der Waals surface area contributed by atoms with E-state index in [1.54, 1.807) is 0 Å². The Balaban J connectivity index is 1.49. The van der Waals surface area contributed by atoms with Crippen LogP contribution in [-0.2, 0) is 11.3 Å². The van der Waals surface area contributed by atoms with Crippen molar-refractivity contribution in [1.82, 2.24) is 15.1 Å². The molecule has 2 unspecified atom stereocenters. The van der Waals surface area contributed by atoms with Crippen molar-refractivity contribution in [2.75, 3.05) is 13.6 Å². The molecular formula is C17H21BrN4O. The van der Waals surface area contributed by atoms with Gasteiger partial charge in [0.1, 0.15) is 0 Å². The molecule has 2 bridgehead atoms. The van der Waals surface area contributed by atoms with Gasteiger partial charge in [-0.25, -0.2) is 0 Å². The zero-order valence-electron chi connectivity index (χ0n) is 13.2. The first kappa shape index (κ1) is 16.3. The van der Waals surface area contributed by atoms with Crippen molar-refractivity contribution >= 4 is 21.8 Å². The van der Waals surface area contributed by atoms with Crippen molar-refractivity contribution in [2.24, 2.45) is 0 Å². The predicted octanol–water partition coefficient (Wildman–Crippen LogP) is 2.08. The van der Waals surface area contributed by atoms with Gasteiger partial charge in [0.05, 0.1) is 18.6 Å². The number of hydrogen-bond acceptors (Lipinski definition) is 4. The van der Waals surface area contributed by atoms with Gasteiger partial charge in [0, 0.05) is 17.1 Å². The second-order valence-corrected chi connectivity index (χ2v) is 7.43. The van der Waals surface area contributed by atoms with E-state index in [2.05, 4.69) is 39.6 Å². The van der Waals surface area contributed by atoms with Crippen molar-refractivity contribution in [3.63, 3.8) is 0 Å². The van der Waals surface area contributed by atoms with Crippen LogP contribution < -0.4 is 5.32 Å². The molecule has 2 heterocycles.